The Morgan fingerprint density at radius 3 is 1.75 bits per heavy atom. The minimum Gasteiger partial charge on any atom is -0.479 e. The van der Waals surface area contributed by atoms with Gasteiger partial charge in [-0.15, -0.1) is 13.2 Å². The topological polar surface area (TPSA) is 65.0 Å². The number of rotatable bonds is 6. The monoisotopic (exact) mass is 342 g/mol. The lowest BCUT2D eigenvalue weighted by Crippen LogP contribution is -2.22. The highest BCUT2D eigenvalue weighted by Crippen LogP contribution is 2.28. The third-order valence-electron chi connectivity index (χ3n) is 2.78. The van der Waals surface area contributed by atoms with Crippen molar-refractivity contribution in [2.24, 2.45) is 0 Å². The van der Waals surface area contributed by atoms with Crippen LogP contribution in [0, 0.1) is 0 Å². The van der Waals surface area contributed by atoms with Gasteiger partial charge in [0.2, 0.25) is 0 Å². The van der Waals surface area contributed by atoms with Crippen molar-refractivity contribution in [3.63, 3.8) is 0 Å². The lowest BCUT2D eigenvalue weighted by molar-refractivity contribution is -0.274. The van der Waals surface area contributed by atoms with Crippen molar-refractivity contribution < 1.29 is 37.3 Å². The van der Waals surface area contributed by atoms with Crippen LogP contribution in [0.4, 0.5) is 13.2 Å². The van der Waals surface area contributed by atoms with Gasteiger partial charge in [-0.05, 0) is 55.5 Å². The van der Waals surface area contributed by atoms with E-state index in [1.165, 1.54) is 31.2 Å². The summed E-state index contributed by atoms with van der Waals surface area (Å²) < 4.78 is 50.6. The van der Waals surface area contributed by atoms with Gasteiger partial charge < -0.3 is 19.3 Å². The molecule has 8 heteroatoms. The first kappa shape index (κ1) is 17.5. The lowest BCUT2D eigenvalue weighted by atomic mass is 10.3. The predicted molar refractivity (Wildman–Crippen MR) is 77.4 cm³/mol. The van der Waals surface area contributed by atoms with Crippen LogP contribution in [-0.4, -0.2) is 23.5 Å². The van der Waals surface area contributed by atoms with Crippen molar-refractivity contribution in [3.8, 4) is 23.0 Å². The van der Waals surface area contributed by atoms with E-state index in [0.717, 1.165) is 12.1 Å². The molecule has 0 aliphatic carbocycles. The highest BCUT2D eigenvalue weighted by Gasteiger charge is 2.30. The van der Waals surface area contributed by atoms with Crippen LogP contribution in [0.25, 0.3) is 0 Å². The number of carbonyl (C=O) groups is 1. The van der Waals surface area contributed by atoms with Crippen LogP contribution in [0.3, 0.4) is 0 Å². The molecule has 0 amide bonds. The van der Waals surface area contributed by atoms with E-state index in [9.17, 15) is 18.0 Å². The molecule has 5 nitrogen and oxygen atoms in total. The molecule has 1 N–H and O–H groups in total. The molecule has 0 saturated carbocycles. The number of aliphatic carboxylic acids is 1. The zero-order valence-electron chi connectivity index (χ0n) is 12.4. The minimum absolute atomic E-state index is 0.317. The molecule has 2 aromatic carbocycles. The molecule has 1 unspecified atom stereocenters. The summed E-state index contributed by atoms with van der Waals surface area (Å²) in [5.74, 6) is -0.351. The molecular formula is C16H13F3O5. The van der Waals surface area contributed by atoms with Gasteiger partial charge in [-0.25, -0.2) is 4.79 Å². The number of benzene rings is 2. The van der Waals surface area contributed by atoms with Crippen molar-refractivity contribution in [2.75, 3.05) is 0 Å². The van der Waals surface area contributed by atoms with Crippen LogP contribution < -0.4 is 14.2 Å². The Labute approximate surface area is 135 Å². The summed E-state index contributed by atoms with van der Waals surface area (Å²) in [6, 6.07) is 11.1. The molecule has 1 atom stereocenters. The van der Waals surface area contributed by atoms with E-state index in [-0.39, 0.29) is 5.75 Å². The maximum Gasteiger partial charge on any atom is 0.573 e. The first-order chi connectivity index (χ1) is 11.2. The van der Waals surface area contributed by atoms with E-state index in [4.69, 9.17) is 14.6 Å². The van der Waals surface area contributed by atoms with Crippen molar-refractivity contribution >= 4 is 5.97 Å². The van der Waals surface area contributed by atoms with Crippen LogP contribution in [0.1, 0.15) is 6.92 Å². The summed E-state index contributed by atoms with van der Waals surface area (Å²) in [5.41, 5.74) is 0. The SMILES string of the molecule is CC(Oc1ccc(Oc2ccc(OC(F)(F)F)cc2)cc1)C(=O)O. The maximum atomic E-state index is 12.1. The summed E-state index contributed by atoms with van der Waals surface area (Å²) >= 11 is 0. The van der Waals surface area contributed by atoms with Gasteiger partial charge >= 0.3 is 12.3 Å². The van der Waals surface area contributed by atoms with Crippen LogP contribution in [0.15, 0.2) is 48.5 Å². The second kappa shape index (κ2) is 7.12. The summed E-state index contributed by atoms with van der Waals surface area (Å²) in [4.78, 5) is 10.7. The largest absolute Gasteiger partial charge is 0.573 e. The normalized spacial score (nSPS) is 12.3. The number of alkyl halides is 3. The van der Waals surface area contributed by atoms with Gasteiger partial charge in [-0.1, -0.05) is 0 Å². The molecule has 128 valence electrons. The molecule has 0 spiro atoms. The molecule has 2 rings (SSSR count). The maximum absolute atomic E-state index is 12.1. The fraction of sp³-hybridized carbons (Fsp3) is 0.188. The third kappa shape index (κ3) is 5.38. The molecule has 0 bridgehead atoms. The third-order valence-corrected chi connectivity index (χ3v) is 2.78. The molecule has 0 radical (unpaired) electrons. The summed E-state index contributed by atoms with van der Waals surface area (Å²) in [6.45, 7) is 1.40. The summed E-state index contributed by atoms with van der Waals surface area (Å²) in [5, 5.41) is 8.76. The molecule has 2 aromatic rings. The van der Waals surface area contributed by atoms with Crippen molar-refractivity contribution in [1.29, 1.82) is 0 Å². The fourth-order valence-electron chi connectivity index (χ4n) is 1.69. The smallest absolute Gasteiger partial charge is 0.479 e. The summed E-state index contributed by atoms with van der Waals surface area (Å²) in [6.07, 6.45) is -5.73. The first-order valence-corrected chi connectivity index (χ1v) is 6.76. The van der Waals surface area contributed by atoms with Crippen molar-refractivity contribution in [3.05, 3.63) is 48.5 Å². The van der Waals surface area contributed by atoms with Crippen LogP contribution in [0.2, 0.25) is 0 Å². The highest BCUT2D eigenvalue weighted by molar-refractivity contribution is 5.72. The Morgan fingerprint density at radius 1 is 0.917 bits per heavy atom. The second-order valence-corrected chi connectivity index (χ2v) is 4.69. The Balaban J connectivity index is 1.97. The first-order valence-electron chi connectivity index (χ1n) is 6.76. The molecule has 0 aromatic heterocycles. The lowest BCUT2D eigenvalue weighted by Gasteiger charge is -2.12. The van der Waals surface area contributed by atoms with Gasteiger partial charge in [0.15, 0.2) is 6.10 Å². The van der Waals surface area contributed by atoms with Crippen molar-refractivity contribution in [1.82, 2.24) is 0 Å². The standard InChI is InChI=1S/C16H13F3O5/c1-10(15(20)21)22-11-2-4-12(5-3-11)23-13-6-8-14(9-7-13)24-16(17,18)19/h2-10H,1H3,(H,20,21). The van der Waals surface area contributed by atoms with Gasteiger partial charge in [0, 0.05) is 0 Å². The average Bonchev–Trinajstić information content (AvgIpc) is 2.49. The van der Waals surface area contributed by atoms with Gasteiger partial charge in [0.05, 0.1) is 0 Å². The van der Waals surface area contributed by atoms with E-state index in [2.05, 4.69) is 4.74 Å². The van der Waals surface area contributed by atoms with Gasteiger partial charge in [0.1, 0.15) is 23.0 Å². The number of ether oxygens (including phenoxy) is 3. The second-order valence-electron chi connectivity index (χ2n) is 4.69. The average molecular weight is 342 g/mol. The number of halogens is 3. The Bertz CT molecular complexity index is 680. The van der Waals surface area contributed by atoms with Gasteiger partial charge in [-0.2, -0.15) is 0 Å². The van der Waals surface area contributed by atoms with E-state index in [1.54, 1.807) is 12.1 Å². The van der Waals surface area contributed by atoms with Gasteiger partial charge in [-0.3, -0.25) is 0 Å². The van der Waals surface area contributed by atoms with Gasteiger partial charge in [0.25, 0.3) is 0 Å². The van der Waals surface area contributed by atoms with E-state index < -0.39 is 18.4 Å². The van der Waals surface area contributed by atoms with E-state index in [1.807, 2.05) is 0 Å². The molecule has 0 heterocycles. The molecule has 0 fully saturated rings. The Hall–Kier alpha value is -2.90. The van der Waals surface area contributed by atoms with E-state index >= 15 is 0 Å². The highest BCUT2D eigenvalue weighted by atomic mass is 19.4. The van der Waals surface area contributed by atoms with Crippen LogP contribution in [0.5, 0.6) is 23.0 Å². The van der Waals surface area contributed by atoms with Crippen LogP contribution >= 0.6 is 0 Å². The number of carboxylic acids is 1. The van der Waals surface area contributed by atoms with Crippen LogP contribution in [-0.2, 0) is 4.79 Å². The number of hydrogen-bond acceptors (Lipinski definition) is 4. The quantitative estimate of drug-likeness (QED) is 0.851. The predicted octanol–water partition coefficient (Wildman–Crippen LogP) is 4.23. The molecule has 0 aliphatic heterocycles. The molecule has 0 saturated heterocycles. The van der Waals surface area contributed by atoms with Crippen molar-refractivity contribution in [2.45, 2.75) is 19.4 Å². The zero-order chi connectivity index (χ0) is 17.7. The Morgan fingerprint density at radius 2 is 1.33 bits per heavy atom. The van der Waals surface area contributed by atoms with E-state index in [0.29, 0.717) is 17.2 Å². The fourth-order valence-corrected chi connectivity index (χ4v) is 1.69. The minimum atomic E-state index is -4.74. The molecular weight excluding hydrogens is 329 g/mol. The zero-order valence-corrected chi connectivity index (χ0v) is 12.4. The molecule has 24 heavy (non-hydrogen) atoms. The summed E-state index contributed by atoms with van der Waals surface area (Å²) in [7, 11) is 0. The Kier molecular flexibility index (Phi) is 5.18. The number of carboxylic acid groups (broad SMARTS) is 1. The number of hydrogen-bond donors (Lipinski definition) is 1. The molecule has 0 aliphatic rings.